The van der Waals surface area contributed by atoms with Crippen LogP contribution in [0.4, 0.5) is 21.8 Å². The number of benzene rings is 1. The van der Waals surface area contributed by atoms with Gasteiger partial charge in [0, 0.05) is 30.7 Å². The lowest BCUT2D eigenvalue weighted by molar-refractivity contribution is 0.245. The number of nitrogens with one attached hydrogen (secondary N) is 3. The summed E-state index contributed by atoms with van der Waals surface area (Å²) in [5.74, 6) is -0.0383. The molecule has 0 saturated carbocycles. The molecule has 0 radical (unpaired) electrons. The molecule has 1 atom stereocenters. The molecular formula is C16H18FN7O. The highest BCUT2D eigenvalue weighted by Gasteiger charge is 2.24. The van der Waals surface area contributed by atoms with Gasteiger partial charge in [0.15, 0.2) is 11.6 Å². The predicted octanol–water partition coefficient (Wildman–Crippen LogP) is 1.01. The number of H-pyrrole nitrogens is 1. The molecule has 25 heavy (non-hydrogen) atoms. The third kappa shape index (κ3) is 3.11. The summed E-state index contributed by atoms with van der Waals surface area (Å²) in [4.78, 5) is 10.3. The fourth-order valence-electron chi connectivity index (χ4n) is 2.93. The number of nitrogens with zero attached hydrogens (tertiary/aromatic N) is 4. The molecule has 4 rings (SSSR count). The summed E-state index contributed by atoms with van der Waals surface area (Å²) in [5.41, 5.74) is 1.61. The van der Waals surface area contributed by atoms with Crippen LogP contribution in [0.1, 0.15) is 0 Å². The number of aromatic nitrogens is 4. The average Bonchev–Trinajstić information content (AvgIpc) is 3.11. The molecule has 2 aromatic heterocycles. The highest BCUT2D eigenvalue weighted by atomic mass is 19.1. The number of aliphatic hydroxyl groups excluding tert-OH is 1. The Labute approximate surface area is 143 Å². The Morgan fingerprint density at radius 3 is 3.16 bits per heavy atom. The Morgan fingerprint density at radius 2 is 2.28 bits per heavy atom. The highest BCUT2D eigenvalue weighted by molar-refractivity contribution is 5.82. The molecule has 0 bridgehead atoms. The van der Waals surface area contributed by atoms with Crippen molar-refractivity contribution in [2.24, 2.45) is 0 Å². The Hall–Kier alpha value is -2.78. The summed E-state index contributed by atoms with van der Waals surface area (Å²) in [6.45, 7) is 2.03. The first-order chi connectivity index (χ1) is 12.2. The zero-order chi connectivity index (χ0) is 17.2. The fraction of sp³-hybridized carbons (Fsp3) is 0.312. The van der Waals surface area contributed by atoms with E-state index in [1.165, 1.54) is 0 Å². The van der Waals surface area contributed by atoms with Crippen LogP contribution in [0.3, 0.4) is 0 Å². The van der Waals surface area contributed by atoms with Gasteiger partial charge in [0.05, 0.1) is 30.6 Å². The topological polar surface area (TPSA) is 102 Å². The zero-order valence-electron chi connectivity index (χ0n) is 13.4. The van der Waals surface area contributed by atoms with Gasteiger partial charge in [-0.15, -0.1) is 0 Å². The molecular weight excluding hydrogens is 325 g/mol. The second-order valence-corrected chi connectivity index (χ2v) is 5.90. The molecule has 0 aliphatic carbocycles. The van der Waals surface area contributed by atoms with E-state index >= 15 is 0 Å². The molecule has 1 aromatic carbocycles. The normalized spacial score (nSPS) is 17.8. The number of piperazine rings is 1. The average molecular weight is 343 g/mol. The standard InChI is InChI=1S/C16H18FN7O/c17-13-8-19-16(24-4-3-18-7-12(24)9-25)22-15(13)21-11-1-2-14-10(5-11)6-20-23-14/h1-2,5-6,8,12,18,25H,3-4,7,9H2,(H,20,23)(H,19,21,22). The van der Waals surface area contributed by atoms with Gasteiger partial charge < -0.3 is 20.6 Å². The summed E-state index contributed by atoms with van der Waals surface area (Å²) in [5, 5.41) is 23.5. The van der Waals surface area contributed by atoms with Crippen LogP contribution in [-0.2, 0) is 0 Å². The minimum atomic E-state index is -0.535. The first-order valence-electron chi connectivity index (χ1n) is 8.05. The molecule has 9 heteroatoms. The number of hydrogen-bond donors (Lipinski definition) is 4. The van der Waals surface area contributed by atoms with Gasteiger partial charge in [-0.25, -0.2) is 9.37 Å². The van der Waals surface area contributed by atoms with Crippen LogP contribution >= 0.6 is 0 Å². The number of fused-ring (bicyclic) bond motifs is 1. The number of hydrogen-bond acceptors (Lipinski definition) is 7. The van der Waals surface area contributed by atoms with E-state index in [2.05, 4.69) is 30.8 Å². The van der Waals surface area contributed by atoms with E-state index in [0.717, 1.165) is 23.6 Å². The van der Waals surface area contributed by atoms with Crippen LogP contribution in [0, 0.1) is 5.82 Å². The van der Waals surface area contributed by atoms with Crippen molar-refractivity contribution in [2.75, 3.05) is 36.5 Å². The summed E-state index contributed by atoms with van der Waals surface area (Å²) >= 11 is 0. The number of aromatic amines is 1. The molecule has 4 N–H and O–H groups in total. The van der Waals surface area contributed by atoms with E-state index in [-0.39, 0.29) is 18.5 Å². The number of rotatable bonds is 4. The third-order valence-corrected chi connectivity index (χ3v) is 4.25. The highest BCUT2D eigenvalue weighted by Crippen LogP contribution is 2.23. The molecule has 3 heterocycles. The maximum absolute atomic E-state index is 14.2. The first-order valence-corrected chi connectivity index (χ1v) is 8.05. The van der Waals surface area contributed by atoms with Crippen LogP contribution in [0.15, 0.2) is 30.6 Å². The van der Waals surface area contributed by atoms with E-state index in [1.807, 2.05) is 23.1 Å². The van der Waals surface area contributed by atoms with E-state index in [0.29, 0.717) is 24.7 Å². The van der Waals surface area contributed by atoms with Gasteiger partial charge >= 0.3 is 0 Å². The van der Waals surface area contributed by atoms with Gasteiger partial charge in [0.25, 0.3) is 0 Å². The van der Waals surface area contributed by atoms with Crippen molar-refractivity contribution in [2.45, 2.75) is 6.04 Å². The quantitative estimate of drug-likeness (QED) is 0.561. The van der Waals surface area contributed by atoms with Gasteiger partial charge in [-0.05, 0) is 18.2 Å². The maximum Gasteiger partial charge on any atom is 0.227 e. The zero-order valence-corrected chi connectivity index (χ0v) is 13.4. The maximum atomic E-state index is 14.2. The van der Waals surface area contributed by atoms with Crippen molar-refractivity contribution in [3.63, 3.8) is 0 Å². The lowest BCUT2D eigenvalue weighted by atomic mass is 10.2. The monoisotopic (exact) mass is 343 g/mol. The second kappa shape index (κ2) is 6.61. The Morgan fingerprint density at radius 1 is 1.36 bits per heavy atom. The Balaban J connectivity index is 1.62. The van der Waals surface area contributed by atoms with Gasteiger partial charge in [-0.3, -0.25) is 5.10 Å². The summed E-state index contributed by atoms with van der Waals surface area (Å²) in [7, 11) is 0. The molecule has 1 aliphatic rings. The third-order valence-electron chi connectivity index (χ3n) is 4.25. The van der Waals surface area contributed by atoms with Crippen molar-refractivity contribution in [1.29, 1.82) is 0 Å². The Kier molecular flexibility index (Phi) is 4.16. The minimum Gasteiger partial charge on any atom is -0.394 e. The molecule has 1 unspecified atom stereocenters. The van der Waals surface area contributed by atoms with Gasteiger partial charge in [0.2, 0.25) is 5.95 Å². The second-order valence-electron chi connectivity index (χ2n) is 5.90. The van der Waals surface area contributed by atoms with Crippen LogP contribution in [0.25, 0.3) is 10.9 Å². The van der Waals surface area contributed by atoms with Crippen LogP contribution in [0.2, 0.25) is 0 Å². The van der Waals surface area contributed by atoms with Crippen LogP contribution in [-0.4, -0.2) is 57.6 Å². The number of aliphatic hydroxyl groups is 1. The largest absolute Gasteiger partial charge is 0.394 e. The van der Waals surface area contributed by atoms with E-state index in [9.17, 15) is 9.50 Å². The van der Waals surface area contributed by atoms with Crippen molar-refractivity contribution >= 4 is 28.4 Å². The van der Waals surface area contributed by atoms with E-state index < -0.39 is 5.82 Å². The van der Waals surface area contributed by atoms with E-state index in [1.54, 1.807) is 6.20 Å². The first kappa shape index (κ1) is 15.7. The Bertz CT molecular complexity index is 884. The van der Waals surface area contributed by atoms with Crippen LogP contribution in [0.5, 0.6) is 0 Å². The lowest BCUT2D eigenvalue weighted by Crippen LogP contribution is -2.53. The number of halogens is 1. The van der Waals surface area contributed by atoms with Gasteiger partial charge in [-0.2, -0.15) is 10.1 Å². The summed E-state index contributed by atoms with van der Waals surface area (Å²) in [6, 6.07) is 5.42. The fourth-order valence-corrected chi connectivity index (χ4v) is 2.93. The molecule has 0 spiro atoms. The molecule has 1 saturated heterocycles. The van der Waals surface area contributed by atoms with Crippen molar-refractivity contribution < 1.29 is 9.50 Å². The molecule has 1 fully saturated rings. The van der Waals surface area contributed by atoms with Crippen molar-refractivity contribution in [3.8, 4) is 0 Å². The smallest absolute Gasteiger partial charge is 0.227 e. The van der Waals surface area contributed by atoms with Gasteiger partial charge in [-0.1, -0.05) is 0 Å². The molecule has 8 nitrogen and oxygen atoms in total. The van der Waals surface area contributed by atoms with Crippen molar-refractivity contribution in [3.05, 3.63) is 36.4 Å². The molecule has 3 aromatic rings. The summed E-state index contributed by atoms with van der Waals surface area (Å²) in [6.07, 6.45) is 2.85. The SMILES string of the molecule is OCC1CNCCN1c1ncc(F)c(Nc2ccc3[nH]ncc3c2)n1. The van der Waals surface area contributed by atoms with Gasteiger partial charge in [0.1, 0.15) is 0 Å². The predicted molar refractivity (Wildman–Crippen MR) is 92.5 cm³/mol. The molecule has 1 aliphatic heterocycles. The summed E-state index contributed by atoms with van der Waals surface area (Å²) < 4.78 is 14.2. The molecule has 130 valence electrons. The number of anilines is 3. The molecule has 0 amide bonds. The van der Waals surface area contributed by atoms with Crippen LogP contribution < -0.4 is 15.5 Å². The lowest BCUT2D eigenvalue weighted by Gasteiger charge is -2.35. The minimum absolute atomic E-state index is 0.0202. The van der Waals surface area contributed by atoms with Crippen molar-refractivity contribution in [1.82, 2.24) is 25.5 Å². The van der Waals surface area contributed by atoms with E-state index in [4.69, 9.17) is 0 Å².